The molecule has 0 saturated carbocycles. The Hall–Kier alpha value is -2.52. The molecule has 0 N–H and O–H groups in total. The van der Waals surface area contributed by atoms with Crippen molar-refractivity contribution in [3.63, 3.8) is 0 Å². The molecule has 0 saturated heterocycles. The third-order valence-corrected chi connectivity index (χ3v) is 3.06. The van der Waals surface area contributed by atoms with Crippen LogP contribution in [-0.2, 0) is 0 Å². The maximum atomic E-state index is 3.60. The molecule has 0 aliphatic rings. The molecule has 1 aromatic carbocycles. The maximum absolute atomic E-state index is 3.60. The summed E-state index contributed by atoms with van der Waals surface area (Å²) in [5.41, 5.74) is 4.63. The van der Waals surface area contributed by atoms with Gasteiger partial charge in [0, 0.05) is 11.1 Å². The SMILES string of the molecule is C/C=C\C(C#Cc1ccc(C)cc1)=C/C.C=C/C=C(C)\C=C/CC.CC.CC. The van der Waals surface area contributed by atoms with Crippen LogP contribution in [-0.4, -0.2) is 0 Å². The first kappa shape index (κ1) is 30.2. The van der Waals surface area contributed by atoms with Crippen LogP contribution in [0.3, 0.4) is 0 Å². The fourth-order valence-electron chi connectivity index (χ4n) is 1.72. The van der Waals surface area contributed by atoms with Crippen LogP contribution in [0.4, 0.5) is 0 Å². The summed E-state index contributed by atoms with van der Waals surface area (Å²) in [7, 11) is 0. The predicted octanol–water partition coefficient (Wildman–Crippen LogP) is 9.01. The Morgan fingerprint density at radius 2 is 1.57 bits per heavy atom. The lowest BCUT2D eigenvalue weighted by Gasteiger charge is -1.91. The topological polar surface area (TPSA) is 0 Å². The molecule has 1 aromatic rings. The first-order valence-electron chi connectivity index (χ1n) is 10.4. The minimum atomic E-state index is 1.05. The van der Waals surface area contributed by atoms with Crippen LogP contribution >= 0.6 is 0 Å². The van der Waals surface area contributed by atoms with Gasteiger partial charge in [0.2, 0.25) is 0 Å². The zero-order chi connectivity index (χ0) is 22.2. The zero-order valence-corrected chi connectivity index (χ0v) is 19.8. The highest BCUT2D eigenvalue weighted by atomic mass is 13.9. The molecule has 0 spiro atoms. The number of aryl methyl sites for hydroxylation is 1. The highest BCUT2D eigenvalue weighted by Crippen LogP contribution is 2.02. The molecule has 154 valence electrons. The molecule has 0 atom stereocenters. The summed E-state index contributed by atoms with van der Waals surface area (Å²) in [6.07, 6.45) is 15.2. The highest BCUT2D eigenvalue weighted by Gasteiger charge is 1.86. The van der Waals surface area contributed by atoms with Crippen molar-refractivity contribution in [1.82, 2.24) is 0 Å². The van der Waals surface area contributed by atoms with Gasteiger partial charge in [-0.15, -0.1) is 0 Å². The molecule has 0 radical (unpaired) electrons. The van der Waals surface area contributed by atoms with E-state index >= 15 is 0 Å². The molecule has 0 aromatic heterocycles. The number of rotatable bonds is 4. The van der Waals surface area contributed by atoms with E-state index in [0.29, 0.717) is 0 Å². The number of hydrogen-bond donors (Lipinski definition) is 0. The van der Waals surface area contributed by atoms with Crippen LogP contribution in [0, 0.1) is 18.8 Å². The zero-order valence-electron chi connectivity index (χ0n) is 19.8. The summed E-state index contributed by atoms with van der Waals surface area (Å²) in [5.74, 6) is 6.27. The summed E-state index contributed by atoms with van der Waals surface area (Å²) >= 11 is 0. The normalized spacial score (nSPS) is 10.5. The van der Waals surface area contributed by atoms with Gasteiger partial charge in [0.1, 0.15) is 0 Å². The summed E-state index contributed by atoms with van der Waals surface area (Å²) in [6, 6.07) is 8.25. The van der Waals surface area contributed by atoms with Gasteiger partial charge in [0.05, 0.1) is 0 Å². The van der Waals surface area contributed by atoms with Gasteiger partial charge >= 0.3 is 0 Å². The van der Waals surface area contributed by atoms with E-state index in [9.17, 15) is 0 Å². The van der Waals surface area contributed by atoms with E-state index in [4.69, 9.17) is 0 Å². The fraction of sp³-hybridized carbons (Fsp3) is 0.357. The summed E-state index contributed by atoms with van der Waals surface area (Å²) in [5, 5.41) is 0. The van der Waals surface area contributed by atoms with Crippen LogP contribution in [0.15, 0.2) is 84.5 Å². The summed E-state index contributed by atoms with van der Waals surface area (Å²) in [6.45, 7) is 21.9. The van der Waals surface area contributed by atoms with E-state index in [1.54, 1.807) is 6.08 Å². The number of allylic oxidation sites excluding steroid dienone is 9. The molecule has 0 aliphatic heterocycles. The maximum Gasteiger partial charge on any atom is 0.0249 e. The number of benzene rings is 1. The van der Waals surface area contributed by atoms with Gasteiger partial charge in [0.25, 0.3) is 0 Å². The summed E-state index contributed by atoms with van der Waals surface area (Å²) in [4.78, 5) is 0. The second kappa shape index (κ2) is 24.5. The van der Waals surface area contributed by atoms with Crippen LogP contribution in [0.5, 0.6) is 0 Å². The van der Waals surface area contributed by atoms with E-state index in [1.807, 2.05) is 78.0 Å². The van der Waals surface area contributed by atoms with Crippen molar-refractivity contribution in [1.29, 1.82) is 0 Å². The van der Waals surface area contributed by atoms with E-state index < -0.39 is 0 Å². The van der Waals surface area contributed by atoms with Gasteiger partial charge in [-0.1, -0.05) is 119 Å². The molecule has 0 fully saturated rings. The standard InChI is InChI=1S/C15H16.C9H14.2C2H6/c1-4-6-14(5-2)11-12-15-9-7-13(3)8-10-15;1-4-6-8-9(3)7-5-2;2*1-2/h4-10H,1-3H3;5-8H,2,4H2,1,3H3;2*1-2H3/b6-4-,14-5+;8-6-,9-7-;;. The second-order valence-corrected chi connectivity index (χ2v) is 5.32. The Bertz CT molecular complexity index is 650. The first-order valence-corrected chi connectivity index (χ1v) is 10.4. The van der Waals surface area contributed by atoms with Gasteiger partial charge in [-0.2, -0.15) is 0 Å². The van der Waals surface area contributed by atoms with E-state index in [0.717, 1.165) is 17.6 Å². The average Bonchev–Trinajstić information content (AvgIpc) is 2.74. The Morgan fingerprint density at radius 1 is 1.00 bits per heavy atom. The van der Waals surface area contributed by atoms with Crippen molar-refractivity contribution in [3.8, 4) is 11.8 Å². The molecule has 0 amide bonds. The molecular weight excluding hydrogens is 336 g/mol. The van der Waals surface area contributed by atoms with Crippen molar-refractivity contribution >= 4 is 0 Å². The Labute approximate surface area is 176 Å². The Kier molecular flexibility index (Phi) is 26.4. The largest absolute Gasteiger partial charge is 0.0991 e. The Balaban J connectivity index is -0.000000413. The minimum absolute atomic E-state index is 1.05. The lowest BCUT2D eigenvalue weighted by Crippen LogP contribution is -1.76. The molecule has 28 heavy (non-hydrogen) atoms. The van der Waals surface area contributed by atoms with Crippen LogP contribution in [0.1, 0.15) is 72.9 Å². The van der Waals surface area contributed by atoms with E-state index in [2.05, 4.69) is 63.5 Å². The third kappa shape index (κ3) is 19.8. The van der Waals surface area contributed by atoms with Gasteiger partial charge in [0.15, 0.2) is 0 Å². The predicted molar refractivity (Wildman–Crippen MR) is 133 cm³/mol. The molecule has 0 bridgehead atoms. The van der Waals surface area contributed by atoms with Gasteiger partial charge in [-0.25, -0.2) is 0 Å². The monoisotopic (exact) mass is 378 g/mol. The first-order chi connectivity index (χ1) is 13.6. The highest BCUT2D eigenvalue weighted by molar-refractivity contribution is 5.45. The summed E-state index contributed by atoms with van der Waals surface area (Å²) < 4.78 is 0. The van der Waals surface area contributed by atoms with E-state index in [1.165, 1.54) is 11.1 Å². The van der Waals surface area contributed by atoms with Crippen LogP contribution in [0.25, 0.3) is 0 Å². The average molecular weight is 379 g/mol. The molecule has 0 heteroatoms. The molecule has 0 unspecified atom stereocenters. The lowest BCUT2D eigenvalue weighted by atomic mass is 10.1. The fourth-order valence-corrected chi connectivity index (χ4v) is 1.72. The minimum Gasteiger partial charge on any atom is -0.0991 e. The quantitative estimate of drug-likeness (QED) is 0.362. The molecular formula is C28H42. The van der Waals surface area contributed by atoms with Crippen molar-refractivity contribution in [3.05, 3.63) is 95.6 Å². The van der Waals surface area contributed by atoms with Crippen molar-refractivity contribution in [2.24, 2.45) is 0 Å². The Morgan fingerprint density at radius 3 is 2.00 bits per heavy atom. The van der Waals surface area contributed by atoms with E-state index in [-0.39, 0.29) is 0 Å². The number of hydrogen-bond acceptors (Lipinski definition) is 0. The van der Waals surface area contributed by atoms with Crippen LogP contribution < -0.4 is 0 Å². The smallest absolute Gasteiger partial charge is 0.0249 e. The van der Waals surface area contributed by atoms with Crippen molar-refractivity contribution < 1.29 is 0 Å². The van der Waals surface area contributed by atoms with Crippen LogP contribution in [0.2, 0.25) is 0 Å². The molecule has 0 nitrogen and oxygen atoms in total. The van der Waals surface area contributed by atoms with Gasteiger partial charge in [-0.05, 0) is 46.2 Å². The van der Waals surface area contributed by atoms with Gasteiger partial charge in [-0.3, -0.25) is 0 Å². The molecule has 0 heterocycles. The third-order valence-electron chi connectivity index (χ3n) is 3.06. The molecule has 0 aliphatic carbocycles. The van der Waals surface area contributed by atoms with Crippen molar-refractivity contribution in [2.75, 3.05) is 0 Å². The van der Waals surface area contributed by atoms with Gasteiger partial charge < -0.3 is 0 Å². The van der Waals surface area contributed by atoms with Crippen molar-refractivity contribution in [2.45, 2.75) is 68.7 Å². The molecule has 1 rings (SSSR count). The lowest BCUT2D eigenvalue weighted by molar-refractivity contribution is 1.22. The second-order valence-electron chi connectivity index (χ2n) is 5.32.